The van der Waals surface area contributed by atoms with Gasteiger partial charge in [0.1, 0.15) is 0 Å². The molecule has 0 aromatic heterocycles. The maximum Gasteiger partial charge on any atom is 0.317 e. The molecule has 164 valence electrons. The first kappa shape index (κ1) is 23.1. The Morgan fingerprint density at radius 1 is 0.742 bits per heavy atom. The quantitative estimate of drug-likeness (QED) is 0.342. The van der Waals surface area contributed by atoms with E-state index >= 15 is 0 Å². The largest absolute Gasteiger partial charge is 0.402 e. The number of carbonyl (C=O) groups excluding carboxylic acids is 1. The second-order valence-electron chi connectivity index (χ2n) is 7.69. The Morgan fingerprint density at radius 3 is 1.61 bits per heavy atom. The Hall–Kier alpha value is -2.52. The van der Waals surface area contributed by atoms with Crippen LogP contribution in [0.3, 0.4) is 0 Å². The van der Waals surface area contributed by atoms with Gasteiger partial charge in [-0.3, -0.25) is 4.79 Å². The molecule has 31 heavy (non-hydrogen) atoms. The van der Waals surface area contributed by atoms with E-state index in [1.54, 1.807) is 0 Å². The van der Waals surface area contributed by atoms with Crippen LogP contribution in [0.25, 0.3) is 0 Å². The summed E-state index contributed by atoms with van der Waals surface area (Å²) in [5.74, 6) is -0.131. The molecule has 2 nitrogen and oxygen atoms in total. The lowest BCUT2D eigenvalue weighted by Crippen LogP contribution is -2.17. The van der Waals surface area contributed by atoms with Crippen LogP contribution < -0.4 is 0 Å². The van der Waals surface area contributed by atoms with Crippen molar-refractivity contribution >= 4 is 16.3 Å². The van der Waals surface area contributed by atoms with Gasteiger partial charge in [0.25, 0.3) is 0 Å². The Balaban J connectivity index is 2.45. The van der Waals surface area contributed by atoms with Gasteiger partial charge in [-0.05, 0) is 76.9 Å². The first-order valence-electron chi connectivity index (χ1n) is 11.4. The van der Waals surface area contributed by atoms with Gasteiger partial charge in [0.2, 0.25) is 0 Å². The fourth-order valence-corrected chi connectivity index (χ4v) is 7.65. The number of hydrogen-bond donors (Lipinski definition) is 0. The standard InChI is InChI=1S/C28H34O2S/c1-5-15-27(29)30-31(25-16-11-9-12-17-25,26-18-13-10-14-19-26)28-23(7-3)20-22(6-2)21-24(28)8-4/h9-14,16-21H,5-8,15H2,1-4H3. The van der Waals surface area contributed by atoms with E-state index in [1.165, 1.54) is 21.6 Å². The Kier molecular flexibility index (Phi) is 7.97. The molecular weight excluding hydrogens is 400 g/mol. The monoisotopic (exact) mass is 434 g/mol. The van der Waals surface area contributed by atoms with Gasteiger partial charge in [-0.2, -0.15) is 0 Å². The highest BCUT2D eigenvalue weighted by molar-refractivity contribution is 8.30. The van der Waals surface area contributed by atoms with Crippen LogP contribution in [-0.2, 0) is 28.2 Å². The molecule has 0 atom stereocenters. The summed E-state index contributed by atoms with van der Waals surface area (Å²) in [5, 5.41) is 0. The van der Waals surface area contributed by atoms with Crippen LogP contribution in [0.5, 0.6) is 0 Å². The predicted molar refractivity (Wildman–Crippen MR) is 131 cm³/mol. The smallest absolute Gasteiger partial charge is 0.317 e. The maximum atomic E-state index is 13.1. The van der Waals surface area contributed by atoms with Crippen molar-refractivity contribution in [1.29, 1.82) is 0 Å². The summed E-state index contributed by atoms with van der Waals surface area (Å²) >= 11 is 0. The van der Waals surface area contributed by atoms with E-state index < -0.39 is 10.3 Å². The van der Waals surface area contributed by atoms with Crippen molar-refractivity contribution in [3.8, 4) is 0 Å². The van der Waals surface area contributed by atoms with E-state index in [-0.39, 0.29) is 5.97 Å². The van der Waals surface area contributed by atoms with Gasteiger partial charge < -0.3 is 4.18 Å². The fraction of sp³-hybridized carbons (Fsp3) is 0.321. The van der Waals surface area contributed by atoms with Crippen molar-refractivity contribution in [1.82, 2.24) is 0 Å². The van der Waals surface area contributed by atoms with Gasteiger partial charge in [0, 0.05) is 21.1 Å². The van der Waals surface area contributed by atoms with Gasteiger partial charge in [-0.15, -0.1) is 0 Å². The Bertz CT molecular complexity index is 932. The van der Waals surface area contributed by atoms with Crippen molar-refractivity contribution in [2.24, 2.45) is 0 Å². The van der Waals surface area contributed by atoms with E-state index in [2.05, 4.69) is 57.2 Å². The van der Waals surface area contributed by atoms with Gasteiger partial charge in [0.05, 0.1) is 0 Å². The molecule has 0 heterocycles. The summed E-state index contributed by atoms with van der Waals surface area (Å²) in [6.45, 7) is 8.62. The van der Waals surface area contributed by atoms with Crippen molar-refractivity contribution in [2.75, 3.05) is 0 Å². The van der Waals surface area contributed by atoms with Crippen molar-refractivity contribution in [3.05, 3.63) is 89.5 Å². The molecule has 0 aliphatic heterocycles. The van der Waals surface area contributed by atoms with E-state index in [4.69, 9.17) is 4.18 Å². The van der Waals surface area contributed by atoms with Gasteiger partial charge in [0.15, 0.2) is 0 Å². The number of benzene rings is 3. The lowest BCUT2D eigenvalue weighted by atomic mass is 10.0. The highest BCUT2D eigenvalue weighted by Crippen LogP contribution is 2.71. The fourth-order valence-electron chi connectivity index (χ4n) is 4.04. The number of hydrogen-bond acceptors (Lipinski definition) is 2. The molecule has 0 fully saturated rings. The topological polar surface area (TPSA) is 26.3 Å². The van der Waals surface area contributed by atoms with E-state index in [9.17, 15) is 4.79 Å². The number of rotatable bonds is 9. The minimum Gasteiger partial charge on any atom is -0.402 e. The zero-order valence-corrected chi connectivity index (χ0v) is 20.0. The van der Waals surface area contributed by atoms with E-state index in [0.717, 1.165) is 35.5 Å². The molecule has 0 amide bonds. The highest BCUT2D eigenvalue weighted by atomic mass is 32.3. The first-order chi connectivity index (χ1) is 15.1. The average molecular weight is 435 g/mol. The molecule has 0 saturated carbocycles. The van der Waals surface area contributed by atoms with E-state index in [1.807, 2.05) is 43.3 Å². The molecule has 0 spiro atoms. The van der Waals surface area contributed by atoms with Crippen LogP contribution in [0.1, 0.15) is 57.2 Å². The van der Waals surface area contributed by atoms with Crippen LogP contribution in [0.4, 0.5) is 0 Å². The first-order valence-corrected chi connectivity index (χ1v) is 13.0. The summed E-state index contributed by atoms with van der Waals surface area (Å²) in [5.41, 5.74) is 3.90. The third-order valence-electron chi connectivity index (χ3n) is 5.58. The zero-order valence-electron chi connectivity index (χ0n) is 19.2. The molecule has 3 aromatic carbocycles. The Morgan fingerprint density at radius 2 is 1.23 bits per heavy atom. The van der Waals surface area contributed by atoms with Gasteiger partial charge in [-0.1, -0.05) is 76.2 Å². The lowest BCUT2D eigenvalue weighted by Gasteiger charge is -2.42. The van der Waals surface area contributed by atoms with E-state index in [0.29, 0.717) is 6.42 Å². The molecule has 0 bridgehead atoms. The zero-order chi connectivity index (χ0) is 22.3. The summed E-state index contributed by atoms with van der Waals surface area (Å²) < 4.78 is 6.64. The normalized spacial score (nSPS) is 11.9. The minimum atomic E-state index is -2.21. The third kappa shape index (κ3) is 4.72. The van der Waals surface area contributed by atoms with Gasteiger partial charge in [-0.25, -0.2) is 0 Å². The lowest BCUT2D eigenvalue weighted by molar-refractivity contribution is -0.133. The summed E-state index contributed by atoms with van der Waals surface area (Å²) in [7, 11) is -2.21. The second-order valence-corrected chi connectivity index (χ2v) is 10.3. The molecule has 0 radical (unpaired) electrons. The van der Waals surface area contributed by atoms with Crippen molar-refractivity contribution in [2.45, 2.75) is 74.5 Å². The molecule has 0 saturated heterocycles. The number of carbonyl (C=O) groups is 1. The van der Waals surface area contributed by atoms with Crippen LogP contribution in [0.15, 0.2) is 87.5 Å². The molecular formula is C28H34O2S. The third-order valence-corrected chi connectivity index (χ3v) is 8.99. The SMILES string of the molecule is CCCC(=O)OS(c1ccccc1)(c1ccccc1)c1c(CC)cc(CC)cc1CC. The molecule has 0 N–H and O–H groups in total. The second kappa shape index (κ2) is 10.7. The molecule has 0 aliphatic carbocycles. The predicted octanol–water partition coefficient (Wildman–Crippen LogP) is 7.91. The molecule has 3 aromatic rings. The molecule has 3 rings (SSSR count). The summed E-state index contributed by atoms with van der Waals surface area (Å²) in [4.78, 5) is 16.4. The van der Waals surface area contributed by atoms with Crippen LogP contribution >= 0.6 is 10.3 Å². The summed E-state index contributed by atoms with van der Waals surface area (Å²) in [6.07, 6.45) is 3.99. The summed E-state index contributed by atoms with van der Waals surface area (Å²) in [6, 6.07) is 25.3. The Labute approximate surface area is 189 Å². The van der Waals surface area contributed by atoms with Gasteiger partial charge >= 0.3 is 5.97 Å². The van der Waals surface area contributed by atoms with Crippen LogP contribution in [0.2, 0.25) is 0 Å². The van der Waals surface area contributed by atoms with Crippen LogP contribution in [-0.4, -0.2) is 5.97 Å². The number of aryl methyl sites for hydroxylation is 3. The minimum absolute atomic E-state index is 0.131. The maximum absolute atomic E-state index is 13.1. The average Bonchev–Trinajstić information content (AvgIpc) is 2.83. The molecule has 3 heteroatoms. The molecule has 0 unspecified atom stereocenters. The van der Waals surface area contributed by atoms with Crippen LogP contribution in [0, 0.1) is 0 Å². The molecule has 0 aliphatic rings. The highest BCUT2D eigenvalue weighted by Gasteiger charge is 2.38. The van der Waals surface area contributed by atoms with Crippen molar-refractivity contribution in [3.63, 3.8) is 0 Å². The van der Waals surface area contributed by atoms with Crippen molar-refractivity contribution < 1.29 is 8.98 Å².